The number of hydrogen-bond donors (Lipinski definition) is 0. The van der Waals surface area contributed by atoms with Gasteiger partial charge in [-0.3, -0.25) is 0 Å². The summed E-state index contributed by atoms with van der Waals surface area (Å²) in [6, 6.07) is 37.2. The van der Waals surface area contributed by atoms with Crippen molar-refractivity contribution in [1.29, 1.82) is 0 Å². The van der Waals surface area contributed by atoms with Crippen LogP contribution in [0.4, 0.5) is 0 Å². The summed E-state index contributed by atoms with van der Waals surface area (Å²) in [5.41, 5.74) is 0. The van der Waals surface area contributed by atoms with Gasteiger partial charge in [0.25, 0.3) is 0 Å². The van der Waals surface area contributed by atoms with Gasteiger partial charge in [-0.2, -0.15) is 0 Å². The van der Waals surface area contributed by atoms with E-state index in [0.717, 1.165) is 0 Å². The summed E-state index contributed by atoms with van der Waals surface area (Å²) < 4.78 is 25.5. The second-order valence-corrected chi connectivity index (χ2v) is 12.0. The molecule has 0 spiro atoms. The summed E-state index contributed by atoms with van der Waals surface area (Å²) in [6.07, 6.45) is -4.45. The SMILES string of the molecule is BrP(Oc1ccccc1)(Oc1ccccc1)(Oc1ccccc1)Oc1ccccc1. The molecule has 0 heterocycles. The molecular weight excluding hydrogens is 463 g/mol. The minimum atomic E-state index is -4.45. The van der Waals surface area contributed by atoms with Crippen LogP contribution < -0.4 is 18.1 Å². The zero-order chi connectivity index (χ0) is 20.7. The predicted molar refractivity (Wildman–Crippen MR) is 124 cm³/mol. The Kier molecular flexibility index (Phi) is 5.93. The van der Waals surface area contributed by atoms with Gasteiger partial charge in [0.15, 0.2) is 0 Å². The Morgan fingerprint density at radius 2 is 0.567 bits per heavy atom. The first-order valence-corrected chi connectivity index (χ1v) is 13.3. The Balaban J connectivity index is 1.83. The van der Waals surface area contributed by atoms with E-state index < -0.39 is 6.21 Å². The van der Waals surface area contributed by atoms with Crippen molar-refractivity contribution in [2.75, 3.05) is 0 Å². The third kappa shape index (κ3) is 5.12. The van der Waals surface area contributed by atoms with E-state index in [9.17, 15) is 0 Å². The molecule has 0 fully saturated rings. The van der Waals surface area contributed by atoms with Gasteiger partial charge in [-0.05, 0) is 0 Å². The van der Waals surface area contributed by atoms with Gasteiger partial charge in [-0.15, -0.1) is 0 Å². The van der Waals surface area contributed by atoms with Crippen molar-refractivity contribution in [3.05, 3.63) is 121 Å². The van der Waals surface area contributed by atoms with Gasteiger partial charge >= 0.3 is 184 Å². The van der Waals surface area contributed by atoms with Gasteiger partial charge < -0.3 is 0 Å². The predicted octanol–water partition coefficient (Wildman–Crippen LogP) is 7.83. The number of benzene rings is 4. The third-order valence-electron chi connectivity index (χ3n) is 3.98. The maximum absolute atomic E-state index is 6.38. The Morgan fingerprint density at radius 1 is 0.367 bits per heavy atom. The number of hydrogen-bond acceptors (Lipinski definition) is 4. The third-order valence-corrected chi connectivity index (χ3v) is 7.73. The second-order valence-electron chi connectivity index (χ2n) is 6.34. The van der Waals surface area contributed by atoms with Gasteiger partial charge in [-0.1, -0.05) is 0 Å². The van der Waals surface area contributed by atoms with Gasteiger partial charge in [0.1, 0.15) is 0 Å². The molecule has 4 nitrogen and oxygen atoms in total. The molecule has 0 saturated heterocycles. The fourth-order valence-corrected chi connectivity index (χ4v) is 6.78. The van der Waals surface area contributed by atoms with E-state index in [2.05, 4.69) is 15.5 Å². The normalized spacial score (nSPS) is 12.2. The molecule has 4 rings (SSSR count). The molecule has 0 aliphatic carbocycles. The van der Waals surface area contributed by atoms with Crippen LogP contribution in [0.2, 0.25) is 0 Å². The molecule has 0 unspecified atom stereocenters. The molecule has 0 amide bonds. The first-order chi connectivity index (χ1) is 14.6. The first kappa shape index (κ1) is 20.3. The molecule has 30 heavy (non-hydrogen) atoms. The van der Waals surface area contributed by atoms with Crippen molar-refractivity contribution in [2.45, 2.75) is 0 Å². The Bertz CT molecular complexity index is 886. The van der Waals surface area contributed by atoms with Gasteiger partial charge in [0, 0.05) is 0 Å². The minimum absolute atomic E-state index is 0.537. The van der Waals surface area contributed by atoms with E-state index in [1.54, 1.807) is 0 Å². The van der Waals surface area contributed by atoms with Gasteiger partial charge in [-0.25, -0.2) is 0 Å². The Labute approximate surface area is 184 Å². The summed E-state index contributed by atoms with van der Waals surface area (Å²) in [7, 11) is 0. The van der Waals surface area contributed by atoms with Crippen LogP contribution in [0.1, 0.15) is 0 Å². The van der Waals surface area contributed by atoms with E-state index in [4.69, 9.17) is 18.1 Å². The summed E-state index contributed by atoms with van der Waals surface area (Å²) in [5, 5.41) is 0. The van der Waals surface area contributed by atoms with Crippen LogP contribution in [-0.4, -0.2) is 0 Å². The first-order valence-electron chi connectivity index (χ1n) is 9.36. The summed E-state index contributed by atoms with van der Waals surface area (Å²) in [4.78, 5) is 0. The van der Waals surface area contributed by atoms with Crippen LogP contribution in [0, 0.1) is 0 Å². The molecule has 0 N–H and O–H groups in total. The van der Waals surface area contributed by atoms with Crippen molar-refractivity contribution in [3.63, 3.8) is 0 Å². The van der Waals surface area contributed by atoms with Crippen LogP contribution in [0.25, 0.3) is 0 Å². The summed E-state index contributed by atoms with van der Waals surface area (Å²) in [5.74, 6) is 2.15. The van der Waals surface area contributed by atoms with Crippen LogP contribution in [0.15, 0.2) is 121 Å². The fraction of sp³-hybridized carbons (Fsp3) is 0. The summed E-state index contributed by atoms with van der Waals surface area (Å²) >= 11 is 3.68. The quantitative estimate of drug-likeness (QED) is 0.240. The van der Waals surface area contributed by atoms with E-state index in [0.29, 0.717) is 23.0 Å². The topological polar surface area (TPSA) is 36.9 Å². The Hall–Kier alpha value is -3.01. The zero-order valence-electron chi connectivity index (χ0n) is 16.0. The molecule has 152 valence electrons. The van der Waals surface area contributed by atoms with Crippen LogP contribution >= 0.6 is 21.7 Å². The van der Waals surface area contributed by atoms with Gasteiger partial charge in [0.05, 0.1) is 0 Å². The molecular formula is C24H20BrO4P. The van der Waals surface area contributed by atoms with E-state index in [1.807, 2.05) is 121 Å². The molecule has 0 aliphatic heterocycles. The van der Waals surface area contributed by atoms with Crippen molar-refractivity contribution >= 4 is 21.7 Å². The number of rotatable bonds is 8. The van der Waals surface area contributed by atoms with E-state index in [1.165, 1.54) is 0 Å². The van der Waals surface area contributed by atoms with Crippen LogP contribution in [0.3, 0.4) is 0 Å². The molecule has 0 aliphatic rings. The number of para-hydroxylation sites is 4. The molecule has 4 aromatic rings. The molecule has 0 atom stereocenters. The number of halogens is 1. The summed E-state index contributed by atoms with van der Waals surface area (Å²) in [6.45, 7) is 0. The monoisotopic (exact) mass is 482 g/mol. The molecule has 0 bridgehead atoms. The van der Waals surface area contributed by atoms with E-state index in [-0.39, 0.29) is 0 Å². The van der Waals surface area contributed by atoms with Crippen molar-refractivity contribution in [3.8, 4) is 23.0 Å². The molecule has 4 aromatic carbocycles. The average Bonchev–Trinajstić information content (AvgIpc) is 2.76. The van der Waals surface area contributed by atoms with Gasteiger partial charge in [0.2, 0.25) is 0 Å². The van der Waals surface area contributed by atoms with Crippen molar-refractivity contribution < 1.29 is 18.1 Å². The van der Waals surface area contributed by atoms with Crippen LogP contribution in [0.5, 0.6) is 23.0 Å². The molecule has 0 radical (unpaired) electrons. The maximum atomic E-state index is 6.38. The fourth-order valence-electron chi connectivity index (χ4n) is 2.71. The van der Waals surface area contributed by atoms with Crippen molar-refractivity contribution in [1.82, 2.24) is 0 Å². The second kappa shape index (κ2) is 8.78. The molecule has 0 aromatic heterocycles. The zero-order valence-corrected chi connectivity index (χ0v) is 18.5. The Morgan fingerprint density at radius 3 is 0.767 bits per heavy atom. The molecule has 0 saturated carbocycles. The van der Waals surface area contributed by atoms with Crippen molar-refractivity contribution in [2.24, 2.45) is 0 Å². The molecule has 6 heteroatoms. The standard InChI is InChI=1S/C24H20BrO4P/c25-30(26-21-13-5-1-6-14-21,27-22-15-7-2-8-16-22,28-23-17-9-3-10-18-23)29-24-19-11-4-12-20-24/h1-20H. The van der Waals surface area contributed by atoms with Crippen LogP contribution in [-0.2, 0) is 0 Å². The average molecular weight is 483 g/mol. The van der Waals surface area contributed by atoms with E-state index >= 15 is 0 Å².